The molecule has 11 heteroatoms. The zero-order chi connectivity index (χ0) is 35.9. The van der Waals surface area contributed by atoms with Crippen LogP contribution in [0.4, 0.5) is 17.6 Å². The number of carbonyl (C=O) groups is 3. The first-order valence-corrected chi connectivity index (χ1v) is 15.8. The Kier molecular flexibility index (Phi) is 11.8. The van der Waals surface area contributed by atoms with Crippen LogP contribution in [0.25, 0.3) is 11.1 Å². The molecule has 0 aliphatic heterocycles. The minimum absolute atomic E-state index is 0.0433. The van der Waals surface area contributed by atoms with Crippen molar-refractivity contribution in [1.82, 2.24) is 10.6 Å². The summed E-state index contributed by atoms with van der Waals surface area (Å²) in [5.74, 6) is -3.82. The van der Waals surface area contributed by atoms with Crippen LogP contribution in [0.2, 0.25) is 0 Å². The number of carbonyl (C=O) groups excluding carboxylic acids is 2. The molecule has 7 nitrogen and oxygen atoms in total. The van der Waals surface area contributed by atoms with Crippen LogP contribution in [0.1, 0.15) is 86.7 Å². The Bertz CT molecular complexity index is 1780. The van der Waals surface area contributed by atoms with Crippen LogP contribution in [0.15, 0.2) is 78.9 Å². The molecule has 0 saturated heterocycles. The van der Waals surface area contributed by atoms with Crippen LogP contribution in [-0.4, -0.2) is 35.8 Å². The highest BCUT2D eigenvalue weighted by Crippen LogP contribution is 2.37. The Morgan fingerprint density at radius 1 is 0.837 bits per heavy atom. The van der Waals surface area contributed by atoms with Gasteiger partial charge in [-0.05, 0) is 97.0 Å². The van der Waals surface area contributed by atoms with Gasteiger partial charge in [-0.25, -0.2) is 4.39 Å². The van der Waals surface area contributed by atoms with Gasteiger partial charge in [0.05, 0.1) is 18.0 Å². The van der Waals surface area contributed by atoms with Crippen molar-refractivity contribution < 1.29 is 41.8 Å². The lowest BCUT2D eigenvalue weighted by Crippen LogP contribution is -2.33. The first kappa shape index (κ1) is 36.6. The van der Waals surface area contributed by atoms with Gasteiger partial charge in [0, 0.05) is 18.0 Å². The molecule has 0 radical (unpaired) electrons. The average Bonchev–Trinajstić information content (AvgIpc) is 3.02. The molecule has 0 heterocycles. The fourth-order valence-electron chi connectivity index (χ4n) is 6.11. The number of hydrogen-bond acceptors (Lipinski definition) is 4. The molecule has 49 heavy (non-hydrogen) atoms. The zero-order valence-corrected chi connectivity index (χ0v) is 27.6. The first-order chi connectivity index (χ1) is 23.2. The second-order valence-electron chi connectivity index (χ2n) is 12.0. The van der Waals surface area contributed by atoms with Crippen LogP contribution in [-0.2, 0) is 4.79 Å². The largest absolute Gasteiger partial charge is 0.573 e. The third kappa shape index (κ3) is 9.68. The quantitative estimate of drug-likeness (QED) is 0.123. The minimum atomic E-state index is -4.89. The van der Waals surface area contributed by atoms with E-state index >= 15 is 4.39 Å². The lowest BCUT2D eigenvalue weighted by atomic mass is 9.83. The van der Waals surface area contributed by atoms with Crippen molar-refractivity contribution in [2.45, 2.75) is 65.3 Å². The Labute approximate surface area is 282 Å². The van der Waals surface area contributed by atoms with Gasteiger partial charge in [0.2, 0.25) is 0 Å². The third-order valence-electron chi connectivity index (χ3n) is 8.17. The Morgan fingerprint density at radius 3 is 2.00 bits per heavy atom. The number of aliphatic carboxylic acids is 1. The van der Waals surface area contributed by atoms with Gasteiger partial charge in [-0.1, -0.05) is 61.4 Å². The summed E-state index contributed by atoms with van der Waals surface area (Å²) in [6, 6.07) is 19.3. The predicted octanol–water partition coefficient (Wildman–Crippen LogP) is 8.58. The number of rotatable bonds is 13. The molecular weight excluding hydrogens is 640 g/mol. The molecule has 4 aromatic carbocycles. The second-order valence-corrected chi connectivity index (χ2v) is 12.0. The normalized spacial score (nSPS) is 12.6. The van der Waals surface area contributed by atoms with Gasteiger partial charge in [0.25, 0.3) is 11.8 Å². The van der Waals surface area contributed by atoms with Crippen molar-refractivity contribution in [2.75, 3.05) is 6.54 Å². The van der Waals surface area contributed by atoms with Crippen LogP contribution in [0.5, 0.6) is 5.75 Å². The van der Waals surface area contributed by atoms with E-state index in [1.165, 1.54) is 24.3 Å². The van der Waals surface area contributed by atoms with Crippen LogP contribution < -0.4 is 15.4 Å². The highest BCUT2D eigenvalue weighted by Gasteiger charge is 2.32. The SMILES string of the molecule is CCC[C@H](c1ccc(C(=O)NCCC(=O)O)cc1)C(NC(=O)c1ccc(-c2c(C)cc(C)cc2C)cc1F)c1ccc(OC(F)(F)F)cc1. The molecule has 0 aromatic heterocycles. The van der Waals surface area contributed by atoms with E-state index in [2.05, 4.69) is 15.4 Å². The van der Waals surface area contributed by atoms with Crippen molar-refractivity contribution in [3.63, 3.8) is 0 Å². The van der Waals surface area contributed by atoms with E-state index in [-0.39, 0.29) is 18.5 Å². The van der Waals surface area contributed by atoms with Crippen molar-refractivity contribution in [3.05, 3.63) is 124 Å². The molecule has 4 rings (SSSR count). The fourth-order valence-corrected chi connectivity index (χ4v) is 6.11. The lowest BCUT2D eigenvalue weighted by molar-refractivity contribution is -0.274. The molecule has 1 unspecified atom stereocenters. The molecule has 258 valence electrons. The predicted molar refractivity (Wildman–Crippen MR) is 178 cm³/mol. The number of halogens is 4. The van der Waals surface area contributed by atoms with Crippen molar-refractivity contribution >= 4 is 17.8 Å². The summed E-state index contributed by atoms with van der Waals surface area (Å²) in [5.41, 5.74) is 5.78. The van der Waals surface area contributed by atoms with Gasteiger partial charge >= 0.3 is 12.3 Å². The van der Waals surface area contributed by atoms with E-state index in [1.807, 2.05) is 39.8 Å². The molecule has 3 N–H and O–H groups in total. The minimum Gasteiger partial charge on any atom is -0.481 e. The van der Waals surface area contributed by atoms with Crippen molar-refractivity contribution in [1.29, 1.82) is 0 Å². The van der Waals surface area contributed by atoms with E-state index in [0.717, 1.165) is 34.4 Å². The van der Waals surface area contributed by atoms with Gasteiger partial charge in [0.15, 0.2) is 0 Å². The number of carboxylic acids is 1. The standard InChI is InChI=1S/C38H38F4N2O5/c1-5-6-30(25-7-9-27(10-8-25)36(47)43-18-17-33(45)46)35(26-11-14-29(15-12-26)49-38(40,41)42)44-37(48)31-16-13-28(21-32(31)39)34-23(3)19-22(2)20-24(34)4/h7-16,19-21,30,35H,5-6,17-18H2,1-4H3,(H,43,47)(H,44,48)(H,45,46)/t30-,35?/m1/s1. The summed E-state index contributed by atoms with van der Waals surface area (Å²) in [5, 5.41) is 14.3. The number of aryl methyl sites for hydroxylation is 3. The van der Waals surface area contributed by atoms with Gasteiger partial charge in [0.1, 0.15) is 11.6 Å². The van der Waals surface area contributed by atoms with Crippen LogP contribution in [0, 0.1) is 26.6 Å². The van der Waals surface area contributed by atoms with E-state index < -0.39 is 47.7 Å². The number of nitrogens with one attached hydrogen (secondary N) is 2. The summed E-state index contributed by atoms with van der Waals surface area (Å²) >= 11 is 0. The summed E-state index contributed by atoms with van der Waals surface area (Å²) < 4.78 is 58.3. The topological polar surface area (TPSA) is 105 Å². The molecule has 2 atom stereocenters. The molecule has 0 aliphatic carbocycles. The number of ether oxygens (including phenoxy) is 1. The average molecular weight is 679 g/mol. The number of carboxylic acid groups (broad SMARTS) is 1. The number of amides is 2. The van der Waals surface area contributed by atoms with Gasteiger partial charge in [-0.2, -0.15) is 0 Å². The van der Waals surface area contributed by atoms with E-state index in [9.17, 15) is 27.6 Å². The summed E-state index contributed by atoms with van der Waals surface area (Å²) in [4.78, 5) is 37.1. The molecule has 0 aliphatic rings. The van der Waals surface area contributed by atoms with Crippen LogP contribution in [0.3, 0.4) is 0 Å². The van der Waals surface area contributed by atoms with E-state index in [1.54, 1.807) is 30.3 Å². The smallest absolute Gasteiger partial charge is 0.481 e. The van der Waals surface area contributed by atoms with Crippen molar-refractivity contribution in [2.24, 2.45) is 0 Å². The van der Waals surface area contributed by atoms with E-state index in [4.69, 9.17) is 5.11 Å². The van der Waals surface area contributed by atoms with Gasteiger partial charge < -0.3 is 20.5 Å². The summed E-state index contributed by atoms with van der Waals surface area (Å²) in [7, 11) is 0. The third-order valence-corrected chi connectivity index (χ3v) is 8.17. The molecule has 4 aromatic rings. The van der Waals surface area contributed by atoms with Crippen molar-refractivity contribution in [3.8, 4) is 16.9 Å². The Balaban J connectivity index is 1.68. The maximum Gasteiger partial charge on any atom is 0.573 e. The van der Waals surface area contributed by atoms with Crippen LogP contribution >= 0.6 is 0 Å². The number of alkyl halides is 3. The maximum absolute atomic E-state index is 15.7. The van der Waals surface area contributed by atoms with Gasteiger partial charge in [-0.3, -0.25) is 14.4 Å². The summed E-state index contributed by atoms with van der Waals surface area (Å²) in [6.07, 6.45) is -3.95. The maximum atomic E-state index is 15.7. The highest BCUT2D eigenvalue weighted by atomic mass is 19.4. The lowest BCUT2D eigenvalue weighted by Gasteiger charge is -2.29. The molecule has 0 bridgehead atoms. The summed E-state index contributed by atoms with van der Waals surface area (Å²) in [6.45, 7) is 7.75. The Hall–Kier alpha value is -5.19. The van der Waals surface area contributed by atoms with E-state index in [0.29, 0.717) is 35.1 Å². The molecule has 0 spiro atoms. The fraction of sp³-hybridized carbons (Fsp3) is 0.289. The second kappa shape index (κ2) is 15.8. The monoisotopic (exact) mass is 678 g/mol. The molecule has 2 amide bonds. The molecule has 0 fully saturated rings. The Morgan fingerprint density at radius 2 is 1.45 bits per heavy atom. The number of benzene rings is 4. The van der Waals surface area contributed by atoms with Gasteiger partial charge in [-0.15, -0.1) is 13.2 Å². The highest BCUT2D eigenvalue weighted by molar-refractivity contribution is 5.96. The number of hydrogen-bond donors (Lipinski definition) is 3. The molecule has 0 saturated carbocycles. The first-order valence-electron chi connectivity index (χ1n) is 15.8. The molecular formula is C38H38F4N2O5. The zero-order valence-electron chi connectivity index (χ0n) is 27.6.